The number of imidazole rings is 2. The zero-order valence-corrected chi connectivity index (χ0v) is 13.7. The third kappa shape index (κ3) is 3.14. The van der Waals surface area contributed by atoms with Crippen molar-refractivity contribution in [1.29, 1.82) is 0 Å². The van der Waals surface area contributed by atoms with E-state index in [4.69, 9.17) is 4.74 Å². The van der Waals surface area contributed by atoms with Crippen LogP contribution in [0.3, 0.4) is 0 Å². The van der Waals surface area contributed by atoms with Gasteiger partial charge in [-0.2, -0.15) is 0 Å². The van der Waals surface area contributed by atoms with Crippen molar-refractivity contribution in [3.63, 3.8) is 0 Å². The topological polar surface area (TPSA) is 44.9 Å². The second kappa shape index (κ2) is 6.66. The van der Waals surface area contributed by atoms with E-state index in [2.05, 4.69) is 20.6 Å². The van der Waals surface area contributed by atoms with E-state index >= 15 is 0 Å². The molecule has 2 aromatic heterocycles. The number of rotatable bonds is 4. The fraction of sp³-hybridized carbons (Fsp3) is 0.250. The highest BCUT2D eigenvalue weighted by Gasteiger charge is 2.06. The standard InChI is InChI=1S/C16H18N4O.ClH/c1-12-4-5-15(8-16(12)21-3)20-10-14(18-11-20)9-19-7-6-17-13(19)2;/h4-8,10-11H,9H2,1-3H3;1H. The van der Waals surface area contributed by atoms with Crippen molar-refractivity contribution in [2.24, 2.45) is 0 Å². The lowest BCUT2D eigenvalue weighted by atomic mass is 10.2. The molecule has 0 saturated carbocycles. The quantitative estimate of drug-likeness (QED) is 0.742. The van der Waals surface area contributed by atoms with Gasteiger partial charge >= 0.3 is 0 Å². The number of hydrogen-bond acceptors (Lipinski definition) is 3. The van der Waals surface area contributed by atoms with Gasteiger partial charge in [0.2, 0.25) is 0 Å². The van der Waals surface area contributed by atoms with E-state index in [9.17, 15) is 0 Å². The number of aryl methyl sites for hydroxylation is 2. The van der Waals surface area contributed by atoms with E-state index in [0.29, 0.717) is 0 Å². The molecule has 1 aromatic carbocycles. The summed E-state index contributed by atoms with van der Waals surface area (Å²) in [6.45, 7) is 4.74. The molecule has 116 valence electrons. The molecule has 0 fully saturated rings. The molecule has 0 aliphatic heterocycles. The van der Waals surface area contributed by atoms with Gasteiger partial charge in [0.05, 0.1) is 31.4 Å². The highest BCUT2D eigenvalue weighted by molar-refractivity contribution is 5.85. The predicted octanol–water partition coefficient (Wildman–Crippen LogP) is 3.16. The van der Waals surface area contributed by atoms with Crippen molar-refractivity contribution < 1.29 is 4.74 Å². The lowest BCUT2D eigenvalue weighted by Crippen LogP contribution is -2.01. The van der Waals surface area contributed by atoms with Gasteiger partial charge in [-0.15, -0.1) is 12.4 Å². The summed E-state index contributed by atoms with van der Waals surface area (Å²) in [4.78, 5) is 8.68. The van der Waals surface area contributed by atoms with Crippen molar-refractivity contribution in [1.82, 2.24) is 19.1 Å². The van der Waals surface area contributed by atoms with Crippen LogP contribution >= 0.6 is 12.4 Å². The highest BCUT2D eigenvalue weighted by Crippen LogP contribution is 2.21. The van der Waals surface area contributed by atoms with E-state index in [1.165, 1.54) is 0 Å². The number of nitrogens with zero attached hydrogens (tertiary/aromatic N) is 4. The zero-order chi connectivity index (χ0) is 14.8. The van der Waals surface area contributed by atoms with Gasteiger partial charge in [0, 0.05) is 24.7 Å². The van der Waals surface area contributed by atoms with Crippen molar-refractivity contribution in [3.05, 3.63) is 60.2 Å². The summed E-state index contributed by atoms with van der Waals surface area (Å²) in [7, 11) is 1.69. The van der Waals surface area contributed by atoms with Crippen LogP contribution in [0.5, 0.6) is 5.75 Å². The summed E-state index contributed by atoms with van der Waals surface area (Å²) in [5, 5.41) is 0. The number of ether oxygens (including phenoxy) is 1. The molecule has 0 bridgehead atoms. The van der Waals surface area contributed by atoms with Gasteiger partial charge < -0.3 is 13.9 Å². The Balaban J connectivity index is 0.00000176. The minimum atomic E-state index is 0. The third-order valence-corrected chi connectivity index (χ3v) is 3.58. The summed E-state index contributed by atoms with van der Waals surface area (Å²) in [5.74, 6) is 1.87. The molecule has 0 saturated heterocycles. The Morgan fingerprint density at radius 3 is 2.68 bits per heavy atom. The molecule has 6 heteroatoms. The van der Waals surface area contributed by atoms with Crippen LogP contribution in [0.1, 0.15) is 17.1 Å². The molecule has 3 aromatic rings. The van der Waals surface area contributed by atoms with E-state index < -0.39 is 0 Å². The maximum atomic E-state index is 5.37. The number of methoxy groups -OCH3 is 1. The molecular formula is C16H19ClN4O. The largest absolute Gasteiger partial charge is 0.496 e. The lowest BCUT2D eigenvalue weighted by Gasteiger charge is -2.08. The van der Waals surface area contributed by atoms with Crippen LogP contribution in [0.4, 0.5) is 0 Å². The molecule has 0 amide bonds. The Bertz CT molecular complexity index is 763. The van der Waals surface area contributed by atoms with E-state index in [0.717, 1.165) is 35.1 Å². The lowest BCUT2D eigenvalue weighted by molar-refractivity contribution is 0.411. The molecule has 0 radical (unpaired) electrons. The van der Waals surface area contributed by atoms with E-state index in [1.807, 2.05) is 49.3 Å². The SMILES string of the molecule is COc1cc(-n2cnc(Cn3ccnc3C)c2)ccc1C.Cl. The summed E-state index contributed by atoms with van der Waals surface area (Å²) >= 11 is 0. The molecular weight excluding hydrogens is 300 g/mol. The van der Waals surface area contributed by atoms with Gasteiger partial charge in [-0.25, -0.2) is 9.97 Å². The van der Waals surface area contributed by atoms with E-state index in [-0.39, 0.29) is 12.4 Å². The molecule has 5 nitrogen and oxygen atoms in total. The Morgan fingerprint density at radius 1 is 1.18 bits per heavy atom. The van der Waals surface area contributed by atoms with Crippen LogP contribution in [-0.4, -0.2) is 26.2 Å². The maximum Gasteiger partial charge on any atom is 0.123 e. The Kier molecular flexibility index (Phi) is 4.88. The van der Waals surface area contributed by atoms with Crippen LogP contribution in [0.25, 0.3) is 5.69 Å². The van der Waals surface area contributed by atoms with Gasteiger partial charge in [0.25, 0.3) is 0 Å². The second-order valence-electron chi connectivity index (χ2n) is 5.03. The van der Waals surface area contributed by atoms with Crippen LogP contribution < -0.4 is 4.74 Å². The Morgan fingerprint density at radius 2 is 2.00 bits per heavy atom. The van der Waals surface area contributed by atoms with Crippen molar-refractivity contribution in [2.45, 2.75) is 20.4 Å². The van der Waals surface area contributed by atoms with Crippen molar-refractivity contribution in [2.75, 3.05) is 7.11 Å². The van der Waals surface area contributed by atoms with Gasteiger partial charge in [-0.3, -0.25) is 0 Å². The number of benzene rings is 1. The van der Waals surface area contributed by atoms with Gasteiger partial charge in [-0.05, 0) is 25.5 Å². The summed E-state index contributed by atoms with van der Waals surface area (Å²) in [5.41, 5.74) is 3.16. The predicted molar refractivity (Wildman–Crippen MR) is 88.2 cm³/mol. The molecule has 3 rings (SSSR count). The van der Waals surface area contributed by atoms with Gasteiger partial charge in [0.15, 0.2) is 0 Å². The summed E-state index contributed by atoms with van der Waals surface area (Å²) in [6.07, 6.45) is 7.62. The first-order chi connectivity index (χ1) is 10.2. The molecule has 0 N–H and O–H groups in total. The first-order valence-corrected chi connectivity index (χ1v) is 6.83. The first-order valence-electron chi connectivity index (χ1n) is 6.83. The average molecular weight is 319 g/mol. The van der Waals surface area contributed by atoms with E-state index in [1.54, 1.807) is 13.3 Å². The highest BCUT2D eigenvalue weighted by atomic mass is 35.5. The molecule has 22 heavy (non-hydrogen) atoms. The molecule has 0 aliphatic rings. The number of halogens is 1. The minimum absolute atomic E-state index is 0. The number of aromatic nitrogens is 4. The summed E-state index contributed by atoms with van der Waals surface area (Å²) in [6, 6.07) is 6.13. The molecule has 0 aliphatic carbocycles. The van der Waals surface area contributed by atoms with Crippen LogP contribution in [0, 0.1) is 13.8 Å². The summed E-state index contributed by atoms with van der Waals surface area (Å²) < 4.78 is 9.44. The normalized spacial score (nSPS) is 10.3. The molecule has 2 heterocycles. The first kappa shape index (κ1) is 16.1. The van der Waals surface area contributed by atoms with Gasteiger partial charge in [0.1, 0.15) is 11.6 Å². The second-order valence-corrected chi connectivity index (χ2v) is 5.03. The molecule has 0 unspecified atom stereocenters. The van der Waals surface area contributed by atoms with Crippen LogP contribution in [0.2, 0.25) is 0 Å². The zero-order valence-electron chi connectivity index (χ0n) is 12.9. The average Bonchev–Trinajstić information content (AvgIpc) is 3.10. The van der Waals surface area contributed by atoms with Gasteiger partial charge in [-0.1, -0.05) is 6.07 Å². The van der Waals surface area contributed by atoms with Crippen LogP contribution in [0.15, 0.2) is 43.1 Å². The Labute approximate surface area is 136 Å². The fourth-order valence-electron chi connectivity index (χ4n) is 2.30. The van der Waals surface area contributed by atoms with Crippen molar-refractivity contribution in [3.8, 4) is 11.4 Å². The Hall–Kier alpha value is -2.27. The molecule has 0 spiro atoms. The number of hydrogen-bond donors (Lipinski definition) is 0. The maximum absolute atomic E-state index is 5.37. The molecule has 0 atom stereocenters. The smallest absolute Gasteiger partial charge is 0.123 e. The monoisotopic (exact) mass is 318 g/mol. The van der Waals surface area contributed by atoms with Crippen LogP contribution in [-0.2, 0) is 6.54 Å². The minimum Gasteiger partial charge on any atom is -0.496 e. The third-order valence-electron chi connectivity index (χ3n) is 3.58. The van der Waals surface area contributed by atoms with Crippen molar-refractivity contribution >= 4 is 12.4 Å². The fourth-order valence-corrected chi connectivity index (χ4v) is 2.30.